The van der Waals surface area contributed by atoms with Crippen LogP contribution < -0.4 is 43.1 Å². The summed E-state index contributed by atoms with van der Waals surface area (Å²) in [6, 6.07) is 46.5. The van der Waals surface area contributed by atoms with Crippen LogP contribution in [0.2, 0.25) is 0 Å². The predicted molar refractivity (Wildman–Crippen MR) is 463 cm³/mol. The topological polar surface area (TPSA) is 253 Å². The van der Waals surface area contributed by atoms with Gasteiger partial charge in [-0.25, -0.2) is 27.8 Å². The van der Waals surface area contributed by atoms with Crippen molar-refractivity contribution >= 4 is 91.0 Å². The molecule has 5 amide bonds. The second kappa shape index (κ2) is 34.2. The fraction of sp³-hybridized carbons (Fsp3) is 0.422. The Bertz CT molecular complexity index is 5310. The molecule has 3 N–H and O–H groups in total. The van der Waals surface area contributed by atoms with Gasteiger partial charge >= 0.3 is 17.3 Å². The number of benzene rings is 7. The van der Waals surface area contributed by atoms with Gasteiger partial charge in [-0.3, -0.25) is 33.8 Å². The van der Waals surface area contributed by atoms with Crippen LogP contribution in [0, 0.1) is 31.2 Å². The summed E-state index contributed by atoms with van der Waals surface area (Å²) in [7, 11) is -3.35. The van der Waals surface area contributed by atoms with Crippen molar-refractivity contribution in [1.29, 1.82) is 0 Å². The van der Waals surface area contributed by atoms with Crippen molar-refractivity contribution in [2.24, 2.45) is 15.9 Å². The number of amides is 5. The maximum Gasteiger partial charge on any atom is 0.328 e. The van der Waals surface area contributed by atoms with E-state index in [0.717, 1.165) is 81.4 Å². The summed E-state index contributed by atoms with van der Waals surface area (Å²) in [5.41, 5.74) is 8.26. The number of aryl methyl sites for hydroxylation is 2. The number of nitrogens with zero attached hydrogens (tertiary/aromatic N) is 9. The molecule has 4 aliphatic rings. The third-order valence-electron chi connectivity index (χ3n) is 22.0. The number of urea groups is 1. The van der Waals surface area contributed by atoms with Gasteiger partial charge in [-0.05, 0) is 212 Å². The van der Waals surface area contributed by atoms with E-state index < -0.39 is 55.1 Å². The van der Waals surface area contributed by atoms with Gasteiger partial charge in [0.1, 0.15) is 23.0 Å². The number of sulfonamides is 1. The Morgan fingerprint density at radius 2 is 1.41 bits per heavy atom. The average molecular weight is 1630 g/mol. The van der Waals surface area contributed by atoms with Crippen LogP contribution in [0.4, 0.5) is 33.2 Å². The van der Waals surface area contributed by atoms with E-state index in [4.69, 9.17) is 40.1 Å². The van der Waals surface area contributed by atoms with Crippen molar-refractivity contribution in [2.45, 2.75) is 196 Å². The first kappa shape index (κ1) is 86.7. The summed E-state index contributed by atoms with van der Waals surface area (Å²) in [6.45, 7) is 50.0. The lowest BCUT2D eigenvalue weighted by molar-refractivity contribution is -0.144. The molecule has 614 valence electrons. The molecule has 0 bridgehead atoms. The Morgan fingerprint density at radius 3 is 2.05 bits per heavy atom. The lowest BCUT2D eigenvalue weighted by Crippen LogP contribution is -2.65. The molecule has 0 aliphatic carbocycles. The normalized spacial score (nSPS) is 17.5. The van der Waals surface area contributed by atoms with Gasteiger partial charge in [0.25, 0.3) is 29.1 Å². The van der Waals surface area contributed by atoms with Crippen LogP contribution >= 0.6 is 11.8 Å². The number of thioether (sulfide) groups is 1. The van der Waals surface area contributed by atoms with Gasteiger partial charge in [-0.1, -0.05) is 163 Å². The molecule has 0 saturated heterocycles. The fourth-order valence-electron chi connectivity index (χ4n) is 15.3. The number of carbonyl (C=O) groups excluding carboxylic acids is 4. The molecule has 3 unspecified atom stereocenters. The minimum Gasteiger partial charge on any atom is -0.494 e. The largest absolute Gasteiger partial charge is 0.494 e. The molecule has 0 fully saturated rings. The molecule has 26 heteroatoms. The second-order valence-corrected chi connectivity index (χ2v) is 38.0. The number of hydrogen-bond donors (Lipinski definition) is 3. The van der Waals surface area contributed by atoms with E-state index in [1.807, 2.05) is 133 Å². The number of carbonyl (C=O) groups is 4. The first-order valence-corrected chi connectivity index (χ1v) is 43.3. The quantitative estimate of drug-likeness (QED) is 0.0259. The zero-order valence-electron chi connectivity index (χ0n) is 70.5. The zero-order chi connectivity index (χ0) is 84.4. The monoisotopic (exact) mass is 1630 g/mol. The average Bonchev–Trinajstić information content (AvgIpc) is 1.50. The lowest BCUT2D eigenvalue weighted by Gasteiger charge is -2.46. The summed E-state index contributed by atoms with van der Waals surface area (Å²) in [4.78, 5) is 73.5. The lowest BCUT2D eigenvalue weighted by atomic mass is 9.72. The van der Waals surface area contributed by atoms with Gasteiger partial charge in [0.05, 0.1) is 44.0 Å². The van der Waals surface area contributed by atoms with Gasteiger partial charge in [-0.2, -0.15) is 9.31 Å². The van der Waals surface area contributed by atoms with Crippen LogP contribution in [-0.2, 0) is 64.2 Å². The van der Waals surface area contributed by atoms with Crippen LogP contribution in [-0.4, -0.2) is 112 Å². The van der Waals surface area contributed by atoms with E-state index in [0.29, 0.717) is 93.7 Å². The third kappa shape index (κ3) is 18.0. The van der Waals surface area contributed by atoms with Crippen LogP contribution in [0.25, 0.3) is 16.2 Å². The summed E-state index contributed by atoms with van der Waals surface area (Å²) in [6.07, 6.45) is 4.35. The standard InChI is InChI=1S/C49H62N8O6S2.C41H48N4O5S/c1-13-55(27-26-50-65(12,60)61)38-24-25-40(33(3)28-38)56-43(58)39-17-15-14-16-35(39)30-62-49(56)44(47(7,8)9)53-57-45(49)51-42(52-57)34-19-22-37(23-20-34)54-64(59)63-41-29-36(21-18-32(41)2)48(10,11)31-46(4,5)6;1-10-39(5,6)28-18-23-33(31(26-28)40(7,8)11-2)50-25-15-24-44-36(46)35(42-9)27(4)41(37(44)47)45(29-19-21-30(22-20-29)49-12-3)38(48)43-32-16-13-14-17-34(32)51-41/h14-25,28-29,50,54H,13,26-27,30-31H2,1-12H3;13-14,16-23,26H,10-12,15,24-25H2,1-8H3,(H,43,48). The Labute approximate surface area is 691 Å². The molecule has 8 aromatic rings. The number of nitrogens with one attached hydrogen (secondary N) is 3. The molecule has 0 radical (unpaired) electrons. The molecular weight excluding hydrogens is 1520 g/mol. The van der Waals surface area contributed by atoms with Crippen molar-refractivity contribution < 1.29 is 50.2 Å². The Hall–Kier alpha value is -10.2. The van der Waals surface area contributed by atoms with Crippen molar-refractivity contribution in [3.8, 4) is 28.6 Å². The summed E-state index contributed by atoms with van der Waals surface area (Å²) in [5.74, 6) is 1.06. The van der Waals surface area contributed by atoms with Crippen LogP contribution in [0.15, 0.2) is 173 Å². The molecule has 5 heterocycles. The van der Waals surface area contributed by atoms with E-state index in [-0.39, 0.29) is 65.1 Å². The molecule has 116 heavy (non-hydrogen) atoms. The summed E-state index contributed by atoms with van der Waals surface area (Å²) in [5, 5.41) is 12.9. The van der Waals surface area contributed by atoms with Crippen LogP contribution in [0.1, 0.15) is 193 Å². The van der Waals surface area contributed by atoms with E-state index in [9.17, 15) is 27.0 Å². The minimum absolute atomic E-state index is 0.000113. The molecule has 23 nitrogen and oxygen atoms in total. The van der Waals surface area contributed by atoms with E-state index in [1.54, 1.807) is 60.4 Å². The smallest absolute Gasteiger partial charge is 0.328 e. The highest BCUT2D eigenvalue weighted by molar-refractivity contribution is 8.02. The van der Waals surface area contributed by atoms with E-state index in [1.165, 1.54) is 15.3 Å². The van der Waals surface area contributed by atoms with Crippen LogP contribution in [0.3, 0.4) is 0 Å². The molecule has 3 atom stereocenters. The van der Waals surface area contributed by atoms with Crippen molar-refractivity contribution in [3.63, 3.8) is 0 Å². The molecule has 7 aromatic carbocycles. The number of fused-ring (bicyclic) bond motifs is 4. The van der Waals surface area contributed by atoms with Crippen molar-refractivity contribution in [3.05, 3.63) is 219 Å². The maximum atomic E-state index is 15.2. The van der Waals surface area contributed by atoms with Gasteiger partial charge in [0.15, 0.2) is 10.7 Å². The Balaban J connectivity index is 0.000000235. The number of imide groups is 1. The Kier molecular flexibility index (Phi) is 25.5. The summed E-state index contributed by atoms with van der Waals surface area (Å²) >= 11 is -0.743. The Morgan fingerprint density at radius 1 is 0.733 bits per heavy atom. The van der Waals surface area contributed by atoms with Gasteiger partial charge in [-0.15, -0.1) is 9.89 Å². The molecule has 12 rings (SSSR count). The molecular formula is C90H110N12O11S3. The van der Waals surface area contributed by atoms with Gasteiger partial charge in [0.2, 0.25) is 15.8 Å². The minimum atomic E-state index is -3.35. The van der Waals surface area contributed by atoms with E-state index in [2.05, 4.69) is 119 Å². The van der Waals surface area contributed by atoms with Crippen LogP contribution in [0.5, 0.6) is 17.2 Å². The highest BCUT2D eigenvalue weighted by Crippen LogP contribution is 2.54. The first-order valence-electron chi connectivity index (χ1n) is 39.5. The van der Waals surface area contributed by atoms with Crippen molar-refractivity contribution in [2.75, 3.05) is 70.4 Å². The highest BCUT2D eigenvalue weighted by atomic mass is 32.2. The van der Waals surface area contributed by atoms with Gasteiger partial charge < -0.3 is 28.6 Å². The summed E-state index contributed by atoms with van der Waals surface area (Å²) < 4.78 is 67.5. The first-order chi connectivity index (χ1) is 54.6. The maximum absolute atomic E-state index is 15.2. The number of anilines is 5. The van der Waals surface area contributed by atoms with Crippen molar-refractivity contribution in [1.82, 2.24) is 24.5 Å². The number of hydrogen-bond acceptors (Lipinski definition) is 16. The van der Waals surface area contributed by atoms with Gasteiger partial charge in [0, 0.05) is 70.2 Å². The molecule has 2 spiro atoms. The number of rotatable bonds is 26. The molecule has 0 saturated carbocycles. The fourth-order valence-corrected chi connectivity index (χ4v) is 17.9. The predicted octanol–water partition coefficient (Wildman–Crippen LogP) is 18.3. The number of ether oxygens (including phenoxy) is 3. The van der Waals surface area contributed by atoms with E-state index >= 15 is 4.79 Å². The number of likely N-dealkylation sites (N-methyl/N-ethyl adjacent to an activating group) is 1. The zero-order valence-corrected chi connectivity index (χ0v) is 72.9. The SMILES string of the molecule is CCN(CCNS(C)(=O)=O)c1ccc(N2C(=O)c3ccccc3COC23C(C(C)(C)C)=Nn2nc(-c4ccc(NS(=O)Oc5cc(C(C)(C)CC(C)(C)C)ccc5C)cc4)nc23)c(C)c1.[C-]#[N+]C1=C(C)C2(Sc3ccccc3NC(=O)N2c2ccc(OCC)cc2)C(=O)N(CCCOc2ccc(C(C)(C)CC)cc2C(C)(C)CC)C1=O. The highest BCUT2D eigenvalue weighted by Gasteiger charge is 2.61. The second-order valence-electron chi connectivity index (χ2n) is 34.1. The molecule has 4 aliphatic heterocycles. The third-order valence-corrected chi connectivity index (χ3v) is 25.0. The number of para-hydroxylation sites is 1. The molecule has 1 aromatic heterocycles. The number of aromatic nitrogens is 3.